The summed E-state index contributed by atoms with van der Waals surface area (Å²) in [6.07, 6.45) is 6.29. The van der Waals surface area contributed by atoms with Crippen molar-refractivity contribution in [1.29, 1.82) is 0 Å². The summed E-state index contributed by atoms with van der Waals surface area (Å²) < 4.78 is 2.65. The van der Waals surface area contributed by atoms with Gasteiger partial charge in [-0.05, 0) is 12.8 Å². The van der Waals surface area contributed by atoms with Gasteiger partial charge in [0.2, 0.25) is 0 Å². The third kappa shape index (κ3) is 3.77. The van der Waals surface area contributed by atoms with Crippen LogP contribution in [-0.2, 0) is 6.54 Å². The fourth-order valence-electron chi connectivity index (χ4n) is 2.84. The quantitative estimate of drug-likeness (QED) is 0.907. The van der Waals surface area contributed by atoms with Crippen LogP contribution < -0.4 is 5.73 Å². The molecular weight excluding hydrogens is 268 g/mol. The number of rotatable bonds is 5. The van der Waals surface area contributed by atoms with Crippen molar-refractivity contribution in [2.45, 2.75) is 50.9 Å². The number of imidazole rings is 1. The third-order valence-electron chi connectivity index (χ3n) is 4.09. The van der Waals surface area contributed by atoms with Gasteiger partial charge in [-0.2, -0.15) is 11.8 Å². The highest BCUT2D eigenvalue weighted by Crippen LogP contribution is 2.33. The molecule has 1 fully saturated rings. The lowest BCUT2D eigenvalue weighted by Crippen LogP contribution is -2.37. The molecule has 20 heavy (non-hydrogen) atoms. The molecule has 1 aliphatic rings. The van der Waals surface area contributed by atoms with Gasteiger partial charge in [0.05, 0.1) is 18.1 Å². The fourth-order valence-corrected chi connectivity index (χ4v) is 3.95. The Balaban J connectivity index is 2.13. The maximum Gasteiger partial charge on any atom is 0.0948 e. The summed E-state index contributed by atoms with van der Waals surface area (Å²) in [5, 5.41) is 0. The van der Waals surface area contributed by atoms with Gasteiger partial charge in [0.15, 0.2) is 0 Å². The monoisotopic (exact) mass is 296 g/mol. The summed E-state index contributed by atoms with van der Waals surface area (Å²) in [6.45, 7) is 10.8. The van der Waals surface area contributed by atoms with E-state index in [9.17, 15) is 0 Å². The van der Waals surface area contributed by atoms with Crippen LogP contribution in [0.5, 0.6) is 0 Å². The molecule has 1 aromatic rings. The van der Waals surface area contributed by atoms with Crippen LogP contribution in [0.4, 0.5) is 0 Å². The number of aryl methyl sites for hydroxylation is 1. The van der Waals surface area contributed by atoms with Crippen LogP contribution in [0, 0.1) is 0 Å². The molecule has 1 atom stereocenters. The van der Waals surface area contributed by atoms with Gasteiger partial charge >= 0.3 is 0 Å². The van der Waals surface area contributed by atoms with E-state index < -0.39 is 0 Å². The van der Waals surface area contributed by atoms with Gasteiger partial charge < -0.3 is 10.3 Å². The van der Waals surface area contributed by atoms with Crippen molar-refractivity contribution >= 4 is 11.8 Å². The van der Waals surface area contributed by atoms with Crippen LogP contribution in [0.3, 0.4) is 0 Å². The van der Waals surface area contributed by atoms with E-state index in [0.29, 0.717) is 17.3 Å². The molecule has 1 unspecified atom stereocenters. The van der Waals surface area contributed by atoms with Gasteiger partial charge in [0, 0.05) is 42.9 Å². The number of nitrogens with zero attached hydrogens (tertiary/aromatic N) is 3. The second-order valence-corrected chi connectivity index (χ2v) is 7.96. The van der Waals surface area contributed by atoms with Crippen LogP contribution in [-0.4, -0.2) is 44.6 Å². The second kappa shape index (κ2) is 6.96. The predicted octanol–water partition coefficient (Wildman–Crippen LogP) is 2.51. The smallest absolute Gasteiger partial charge is 0.0948 e. The molecule has 0 radical (unpaired) electrons. The largest absolute Gasteiger partial charge is 0.333 e. The molecule has 1 saturated heterocycles. The Bertz CT molecular complexity index is 416. The molecule has 5 heteroatoms. The number of hydrogen-bond donors (Lipinski definition) is 1. The van der Waals surface area contributed by atoms with E-state index in [1.54, 1.807) is 0 Å². The molecular formula is C15H28N4S. The van der Waals surface area contributed by atoms with Crippen molar-refractivity contribution in [3.05, 3.63) is 18.2 Å². The highest BCUT2D eigenvalue weighted by molar-refractivity contribution is 8.00. The fraction of sp³-hybridized carbons (Fsp3) is 0.800. The molecule has 0 saturated carbocycles. The minimum Gasteiger partial charge on any atom is -0.333 e. The zero-order valence-electron chi connectivity index (χ0n) is 13.0. The van der Waals surface area contributed by atoms with Crippen LogP contribution in [0.2, 0.25) is 0 Å². The summed E-state index contributed by atoms with van der Waals surface area (Å²) in [4.78, 5) is 6.88. The highest BCUT2D eigenvalue weighted by atomic mass is 32.2. The molecule has 0 aliphatic carbocycles. The Labute approximate surface area is 127 Å². The molecule has 2 N–H and O–H groups in total. The Hall–Kier alpha value is -0.520. The molecule has 114 valence electrons. The average Bonchev–Trinajstić information content (AvgIpc) is 2.77. The summed E-state index contributed by atoms with van der Waals surface area (Å²) in [5.74, 6) is 1.19. The average molecular weight is 296 g/mol. The first-order valence-corrected chi connectivity index (χ1v) is 8.64. The van der Waals surface area contributed by atoms with Crippen molar-refractivity contribution in [2.75, 3.05) is 25.4 Å². The maximum absolute atomic E-state index is 6.09. The van der Waals surface area contributed by atoms with E-state index >= 15 is 0 Å². The van der Waals surface area contributed by atoms with Gasteiger partial charge in [-0.25, -0.2) is 4.98 Å². The second-order valence-electron chi connectivity index (χ2n) is 6.16. The van der Waals surface area contributed by atoms with Crippen molar-refractivity contribution in [3.63, 3.8) is 0 Å². The lowest BCUT2D eigenvalue weighted by atomic mass is 10.1. The van der Waals surface area contributed by atoms with Crippen LogP contribution in [0.1, 0.15) is 45.3 Å². The van der Waals surface area contributed by atoms with Crippen LogP contribution in [0.15, 0.2) is 12.5 Å². The summed E-state index contributed by atoms with van der Waals surface area (Å²) in [6, 6.07) is 0.304. The molecule has 0 amide bonds. The standard InChI is InChI=1S/C15H28N4S/c1-4-6-19-12-17-11-14(19)13(10-16)18-7-5-15(2,3)20-9-8-18/h11-13H,4-10,16H2,1-3H3. The normalized spacial score (nSPS) is 21.6. The first kappa shape index (κ1) is 15.9. The molecule has 1 aliphatic heterocycles. The highest BCUT2D eigenvalue weighted by Gasteiger charge is 2.28. The SMILES string of the molecule is CCCn1cncc1C(CN)N1CCSC(C)(C)CC1. The van der Waals surface area contributed by atoms with Gasteiger partial charge in [-0.15, -0.1) is 0 Å². The minimum atomic E-state index is 0.304. The Morgan fingerprint density at radius 1 is 1.45 bits per heavy atom. The molecule has 0 aromatic carbocycles. The van der Waals surface area contributed by atoms with E-state index in [4.69, 9.17) is 5.73 Å². The van der Waals surface area contributed by atoms with Crippen LogP contribution in [0.25, 0.3) is 0 Å². The minimum absolute atomic E-state index is 0.304. The van der Waals surface area contributed by atoms with Gasteiger partial charge in [-0.1, -0.05) is 20.8 Å². The Kier molecular flexibility index (Phi) is 5.52. The first-order valence-electron chi connectivity index (χ1n) is 7.65. The predicted molar refractivity (Wildman–Crippen MR) is 87.0 cm³/mol. The zero-order valence-corrected chi connectivity index (χ0v) is 13.8. The van der Waals surface area contributed by atoms with Crippen LogP contribution >= 0.6 is 11.8 Å². The Morgan fingerprint density at radius 3 is 2.95 bits per heavy atom. The van der Waals surface area contributed by atoms with Gasteiger partial charge in [0.25, 0.3) is 0 Å². The van der Waals surface area contributed by atoms with E-state index in [2.05, 4.69) is 47.0 Å². The molecule has 1 aromatic heterocycles. The van der Waals surface area contributed by atoms with Crippen molar-refractivity contribution in [1.82, 2.24) is 14.5 Å². The molecule has 0 bridgehead atoms. The number of nitrogens with two attached hydrogens (primary N) is 1. The molecule has 0 spiro atoms. The summed E-state index contributed by atoms with van der Waals surface area (Å²) in [7, 11) is 0. The van der Waals surface area contributed by atoms with E-state index in [1.807, 2.05) is 12.5 Å². The molecule has 2 heterocycles. The van der Waals surface area contributed by atoms with E-state index in [1.165, 1.54) is 17.9 Å². The van der Waals surface area contributed by atoms with Gasteiger partial charge in [-0.3, -0.25) is 4.90 Å². The lowest BCUT2D eigenvalue weighted by molar-refractivity contribution is 0.203. The lowest BCUT2D eigenvalue weighted by Gasteiger charge is -2.30. The Morgan fingerprint density at radius 2 is 2.25 bits per heavy atom. The van der Waals surface area contributed by atoms with Crippen molar-refractivity contribution < 1.29 is 0 Å². The van der Waals surface area contributed by atoms with Crippen molar-refractivity contribution in [3.8, 4) is 0 Å². The molecule has 4 nitrogen and oxygen atoms in total. The van der Waals surface area contributed by atoms with E-state index in [0.717, 1.165) is 26.1 Å². The van der Waals surface area contributed by atoms with Gasteiger partial charge in [0.1, 0.15) is 0 Å². The van der Waals surface area contributed by atoms with Crippen molar-refractivity contribution in [2.24, 2.45) is 5.73 Å². The molecule has 2 rings (SSSR count). The zero-order chi connectivity index (χ0) is 14.6. The topological polar surface area (TPSA) is 47.1 Å². The number of thioether (sulfide) groups is 1. The van der Waals surface area contributed by atoms with E-state index in [-0.39, 0.29) is 0 Å². The summed E-state index contributed by atoms with van der Waals surface area (Å²) >= 11 is 2.08. The summed E-state index contributed by atoms with van der Waals surface area (Å²) in [5.41, 5.74) is 7.37. The third-order valence-corrected chi connectivity index (χ3v) is 5.46. The maximum atomic E-state index is 6.09. The first-order chi connectivity index (χ1) is 9.57. The number of aromatic nitrogens is 2. The number of hydrogen-bond acceptors (Lipinski definition) is 4.